The number of hydrogen-bond acceptors (Lipinski definition) is 2. The third-order valence-corrected chi connectivity index (χ3v) is 3.22. The first-order valence-corrected chi connectivity index (χ1v) is 6.66. The number of rotatable bonds is 7. The van der Waals surface area contributed by atoms with Crippen molar-refractivity contribution in [3.8, 4) is 0 Å². The second kappa shape index (κ2) is 7.70. The van der Waals surface area contributed by atoms with Crippen molar-refractivity contribution in [2.75, 3.05) is 20.1 Å². The summed E-state index contributed by atoms with van der Waals surface area (Å²) in [5.41, 5.74) is 1.30. The van der Waals surface area contributed by atoms with Gasteiger partial charge in [0.2, 0.25) is 0 Å². The molecule has 1 N–H and O–H groups in total. The van der Waals surface area contributed by atoms with Gasteiger partial charge in [-0.3, -0.25) is 4.90 Å². The van der Waals surface area contributed by atoms with Crippen molar-refractivity contribution in [1.82, 2.24) is 10.2 Å². The van der Waals surface area contributed by atoms with Gasteiger partial charge in [-0.05, 0) is 44.6 Å². The van der Waals surface area contributed by atoms with Gasteiger partial charge in [-0.2, -0.15) is 0 Å². The lowest BCUT2D eigenvalue weighted by molar-refractivity contribution is 0.243. The first kappa shape index (κ1) is 14.5. The Bertz CT molecular complexity index is 311. The SMILES string of the molecule is CCCNCC(C)N(C)Cc1ccc(Cl)cc1. The van der Waals surface area contributed by atoms with Crippen molar-refractivity contribution in [2.45, 2.75) is 32.9 Å². The van der Waals surface area contributed by atoms with Gasteiger partial charge < -0.3 is 5.32 Å². The molecule has 96 valence electrons. The summed E-state index contributed by atoms with van der Waals surface area (Å²) in [5.74, 6) is 0. The molecular weight excluding hydrogens is 232 g/mol. The third-order valence-electron chi connectivity index (χ3n) is 2.96. The van der Waals surface area contributed by atoms with Gasteiger partial charge in [0.15, 0.2) is 0 Å². The van der Waals surface area contributed by atoms with E-state index in [0.29, 0.717) is 6.04 Å². The van der Waals surface area contributed by atoms with Crippen molar-refractivity contribution in [3.05, 3.63) is 34.9 Å². The zero-order valence-corrected chi connectivity index (χ0v) is 11.8. The topological polar surface area (TPSA) is 15.3 Å². The number of likely N-dealkylation sites (N-methyl/N-ethyl adjacent to an activating group) is 1. The Labute approximate surface area is 110 Å². The van der Waals surface area contributed by atoms with Crippen molar-refractivity contribution < 1.29 is 0 Å². The van der Waals surface area contributed by atoms with E-state index in [0.717, 1.165) is 24.7 Å². The van der Waals surface area contributed by atoms with Crippen LogP contribution in [-0.4, -0.2) is 31.1 Å². The van der Waals surface area contributed by atoms with E-state index in [4.69, 9.17) is 11.6 Å². The van der Waals surface area contributed by atoms with Gasteiger partial charge in [-0.25, -0.2) is 0 Å². The van der Waals surface area contributed by atoms with Crippen LogP contribution in [0, 0.1) is 0 Å². The normalized spacial score (nSPS) is 13.0. The Morgan fingerprint density at radius 3 is 2.53 bits per heavy atom. The molecule has 0 saturated heterocycles. The van der Waals surface area contributed by atoms with Crippen LogP contribution in [0.1, 0.15) is 25.8 Å². The fourth-order valence-corrected chi connectivity index (χ4v) is 1.80. The van der Waals surface area contributed by atoms with E-state index >= 15 is 0 Å². The Kier molecular flexibility index (Phi) is 6.56. The molecule has 0 aliphatic heterocycles. The Balaban J connectivity index is 2.37. The average Bonchev–Trinajstić information content (AvgIpc) is 2.32. The molecule has 0 aliphatic rings. The summed E-state index contributed by atoms with van der Waals surface area (Å²) >= 11 is 5.87. The lowest BCUT2D eigenvalue weighted by Gasteiger charge is -2.25. The van der Waals surface area contributed by atoms with E-state index in [9.17, 15) is 0 Å². The molecule has 0 amide bonds. The van der Waals surface area contributed by atoms with Crippen LogP contribution in [0.4, 0.5) is 0 Å². The second-order valence-corrected chi connectivity index (χ2v) is 5.03. The van der Waals surface area contributed by atoms with Crippen molar-refractivity contribution in [3.63, 3.8) is 0 Å². The van der Waals surface area contributed by atoms with Crippen LogP contribution in [0.15, 0.2) is 24.3 Å². The highest BCUT2D eigenvalue weighted by atomic mass is 35.5. The second-order valence-electron chi connectivity index (χ2n) is 4.59. The average molecular weight is 255 g/mol. The number of halogens is 1. The van der Waals surface area contributed by atoms with E-state index in [1.807, 2.05) is 12.1 Å². The van der Waals surface area contributed by atoms with Gasteiger partial charge in [-0.15, -0.1) is 0 Å². The minimum Gasteiger partial charge on any atom is -0.315 e. The highest BCUT2D eigenvalue weighted by Gasteiger charge is 2.08. The van der Waals surface area contributed by atoms with Crippen molar-refractivity contribution in [2.24, 2.45) is 0 Å². The van der Waals surface area contributed by atoms with Crippen LogP contribution in [0.25, 0.3) is 0 Å². The van der Waals surface area contributed by atoms with Crippen LogP contribution in [0.5, 0.6) is 0 Å². The van der Waals surface area contributed by atoms with Crippen molar-refractivity contribution >= 4 is 11.6 Å². The third kappa shape index (κ3) is 5.53. The van der Waals surface area contributed by atoms with E-state index in [1.54, 1.807) is 0 Å². The zero-order chi connectivity index (χ0) is 12.7. The molecular formula is C14H23ClN2. The molecule has 2 nitrogen and oxygen atoms in total. The maximum atomic E-state index is 5.87. The summed E-state index contributed by atoms with van der Waals surface area (Å²) < 4.78 is 0. The summed E-state index contributed by atoms with van der Waals surface area (Å²) in [4.78, 5) is 2.35. The smallest absolute Gasteiger partial charge is 0.0406 e. The molecule has 1 rings (SSSR count). The number of nitrogens with zero attached hydrogens (tertiary/aromatic N) is 1. The lowest BCUT2D eigenvalue weighted by atomic mass is 10.2. The zero-order valence-electron chi connectivity index (χ0n) is 11.0. The van der Waals surface area contributed by atoms with Crippen LogP contribution in [0.3, 0.4) is 0 Å². The van der Waals surface area contributed by atoms with Crippen LogP contribution in [0.2, 0.25) is 5.02 Å². The largest absolute Gasteiger partial charge is 0.315 e. The van der Waals surface area contributed by atoms with Crippen LogP contribution < -0.4 is 5.32 Å². The number of nitrogens with one attached hydrogen (secondary N) is 1. The summed E-state index contributed by atoms with van der Waals surface area (Å²) in [6, 6.07) is 8.61. The van der Waals surface area contributed by atoms with Gasteiger partial charge in [-0.1, -0.05) is 30.7 Å². The summed E-state index contributed by atoms with van der Waals surface area (Å²) in [6.07, 6.45) is 1.19. The maximum Gasteiger partial charge on any atom is 0.0406 e. The first-order chi connectivity index (χ1) is 8.13. The molecule has 3 heteroatoms. The predicted octanol–water partition coefficient (Wildman–Crippen LogP) is 3.16. The molecule has 0 spiro atoms. The Morgan fingerprint density at radius 1 is 1.29 bits per heavy atom. The van der Waals surface area contributed by atoms with E-state index < -0.39 is 0 Å². The molecule has 1 unspecified atom stereocenters. The number of hydrogen-bond donors (Lipinski definition) is 1. The standard InChI is InChI=1S/C14H23ClN2/c1-4-9-16-10-12(2)17(3)11-13-5-7-14(15)8-6-13/h5-8,12,16H,4,9-11H2,1-3H3. The molecule has 0 saturated carbocycles. The summed E-state index contributed by atoms with van der Waals surface area (Å²) in [6.45, 7) is 7.54. The van der Waals surface area contributed by atoms with Crippen LogP contribution in [-0.2, 0) is 6.54 Å². The molecule has 0 aliphatic carbocycles. The first-order valence-electron chi connectivity index (χ1n) is 6.29. The molecule has 1 aromatic carbocycles. The molecule has 0 aromatic heterocycles. The number of benzene rings is 1. The quantitative estimate of drug-likeness (QED) is 0.752. The van der Waals surface area contributed by atoms with E-state index in [2.05, 4.69) is 43.2 Å². The molecule has 17 heavy (non-hydrogen) atoms. The fourth-order valence-electron chi connectivity index (χ4n) is 1.68. The predicted molar refractivity (Wildman–Crippen MR) is 75.5 cm³/mol. The van der Waals surface area contributed by atoms with Crippen LogP contribution >= 0.6 is 11.6 Å². The van der Waals surface area contributed by atoms with Gasteiger partial charge >= 0.3 is 0 Å². The highest BCUT2D eigenvalue weighted by Crippen LogP contribution is 2.11. The van der Waals surface area contributed by atoms with E-state index in [-0.39, 0.29) is 0 Å². The molecule has 0 heterocycles. The van der Waals surface area contributed by atoms with E-state index in [1.165, 1.54) is 12.0 Å². The summed E-state index contributed by atoms with van der Waals surface area (Å²) in [7, 11) is 2.16. The van der Waals surface area contributed by atoms with Gasteiger partial charge in [0.25, 0.3) is 0 Å². The fraction of sp³-hybridized carbons (Fsp3) is 0.571. The molecule has 1 aromatic rings. The minimum atomic E-state index is 0.539. The van der Waals surface area contributed by atoms with Crippen molar-refractivity contribution in [1.29, 1.82) is 0 Å². The molecule has 0 radical (unpaired) electrons. The Morgan fingerprint density at radius 2 is 1.94 bits per heavy atom. The minimum absolute atomic E-state index is 0.539. The van der Waals surface area contributed by atoms with Gasteiger partial charge in [0, 0.05) is 24.2 Å². The molecule has 0 fully saturated rings. The molecule has 0 bridgehead atoms. The lowest BCUT2D eigenvalue weighted by Crippen LogP contribution is -2.37. The highest BCUT2D eigenvalue weighted by molar-refractivity contribution is 6.30. The molecule has 1 atom stereocenters. The monoisotopic (exact) mass is 254 g/mol. The van der Waals surface area contributed by atoms with Gasteiger partial charge in [0.1, 0.15) is 0 Å². The van der Waals surface area contributed by atoms with Gasteiger partial charge in [0.05, 0.1) is 0 Å². The Hall–Kier alpha value is -0.570. The maximum absolute atomic E-state index is 5.87. The summed E-state index contributed by atoms with van der Waals surface area (Å²) in [5, 5.41) is 4.25.